The van der Waals surface area contributed by atoms with Crippen molar-refractivity contribution in [1.82, 2.24) is 19.7 Å². The van der Waals surface area contributed by atoms with E-state index in [9.17, 15) is 0 Å². The maximum absolute atomic E-state index is 5.93. The molecule has 0 spiro atoms. The summed E-state index contributed by atoms with van der Waals surface area (Å²) in [5.74, 6) is 4.27. The van der Waals surface area contributed by atoms with Crippen LogP contribution in [0.5, 0.6) is 5.75 Å². The quantitative estimate of drug-likeness (QED) is 0.292. The molecule has 0 aliphatic heterocycles. The molecule has 0 saturated carbocycles. The normalized spacial score (nSPS) is 11.2. The Balaban J connectivity index is 1.44. The maximum Gasteiger partial charge on any atom is 0.205 e. The second-order valence-corrected chi connectivity index (χ2v) is 8.55. The summed E-state index contributed by atoms with van der Waals surface area (Å²) in [5.41, 5.74) is 1.02. The van der Waals surface area contributed by atoms with Crippen LogP contribution in [0.1, 0.15) is 32.0 Å². The number of ether oxygens (including phenoxy) is 1. The molecule has 2 aromatic carbocycles. The van der Waals surface area contributed by atoms with Crippen LogP contribution in [0.3, 0.4) is 0 Å². The van der Waals surface area contributed by atoms with Crippen molar-refractivity contribution in [2.75, 3.05) is 0 Å². The minimum atomic E-state index is 0.382. The largest absolute Gasteiger partial charge is 0.486 e. The molecule has 2 aromatic heterocycles. The Morgan fingerprint density at radius 3 is 2.48 bits per heavy atom. The van der Waals surface area contributed by atoms with Crippen LogP contribution in [0, 0.1) is 5.92 Å². The third kappa shape index (κ3) is 5.76. The first-order chi connectivity index (χ1) is 15.2. The van der Waals surface area contributed by atoms with Crippen LogP contribution in [0.15, 0.2) is 76.4 Å². The van der Waals surface area contributed by atoms with Crippen LogP contribution >= 0.6 is 11.8 Å². The summed E-state index contributed by atoms with van der Waals surface area (Å²) in [5, 5.41) is 9.66. The first-order valence-corrected chi connectivity index (χ1v) is 11.4. The van der Waals surface area contributed by atoms with Gasteiger partial charge in [-0.1, -0.05) is 74.1 Å². The topological polar surface area (TPSA) is 66.0 Å². The average Bonchev–Trinajstić information content (AvgIpc) is 3.43. The highest BCUT2D eigenvalue weighted by Crippen LogP contribution is 2.26. The van der Waals surface area contributed by atoms with E-state index in [1.165, 1.54) is 0 Å². The highest BCUT2D eigenvalue weighted by Gasteiger charge is 2.15. The fraction of sp³-hybridized carbons (Fsp3) is 0.292. The van der Waals surface area contributed by atoms with Gasteiger partial charge in [-0.15, -0.1) is 10.2 Å². The Bertz CT molecular complexity index is 1080. The van der Waals surface area contributed by atoms with Crippen molar-refractivity contribution in [3.63, 3.8) is 0 Å². The standard InChI is InChI=1S/C24H26N4O2S/c1-18(2)13-14-28-22(16-29-20-11-7-4-8-12-20)26-27-24(28)31-17-23-25-15-21(30-23)19-9-5-3-6-10-19/h3-12,15,18H,13-14,16-17H2,1-2H3. The molecule has 0 aliphatic carbocycles. The molecule has 0 saturated heterocycles. The molecule has 0 radical (unpaired) electrons. The highest BCUT2D eigenvalue weighted by atomic mass is 32.2. The fourth-order valence-electron chi connectivity index (χ4n) is 3.05. The van der Waals surface area contributed by atoms with Crippen molar-refractivity contribution in [2.45, 2.75) is 44.3 Å². The lowest BCUT2D eigenvalue weighted by Gasteiger charge is -2.12. The molecule has 0 N–H and O–H groups in total. The number of oxazole rings is 1. The fourth-order valence-corrected chi connectivity index (χ4v) is 3.89. The summed E-state index contributed by atoms with van der Waals surface area (Å²) >= 11 is 1.58. The minimum Gasteiger partial charge on any atom is -0.486 e. The van der Waals surface area contributed by atoms with E-state index in [0.29, 0.717) is 24.2 Å². The molecule has 0 unspecified atom stereocenters. The monoisotopic (exact) mass is 434 g/mol. The van der Waals surface area contributed by atoms with Crippen molar-refractivity contribution in [3.8, 4) is 17.1 Å². The molecular formula is C24H26N4O2S. The van der Waals surface area contributed by atoms with Crippen LogP contribution in [0.4, 0.5) is 0 Å². The summed E-state index contributed by atoms with van der Waals surface area (Å²) in [6.07, 6.45) is 2.81. The van der Waals surface area contributed by atoms with Crippen molar-refractivity contribution >= 4 is 11.8 Å². The van der Waals surface area contributed by atoms with Gasteiger partial charge in [-0.05, 0) is 24.5 Å². The number of nitrogens with zero attached hydrogens (tertiary/aromatic N) is 4. The predicted molar refractivity (Wildman–Crippen MR) is 122 cm³/mol. The summed E-state index contributed by atoms with van der Waals surface area (Å²) in [7, 11) is 0. The second kappa shape index (κ2) is 10.3. The molecule has 0 atom stereocenters. The molecule has 4 aromatic rings. The Morgan fingerprint density at radius 1 is 1.00 bits per heavy atom. The Labute approximate surface area is 186 Å². The van der Waals surface area contributed by atoms with Gasteiger partial charge in [0.1, 0.15) is 12.4 Å². The zero-order valence-corrected chi connectivity index (χ0v) is 18.6. The van der Waals surface area contributed by atoms with Gasteiger partial charge in [-0.3, -0.25) is 0 Å². The van der Waals surface area contributed by atoms with Crippen LogP contribution < -0.4 is 4.74 Å². The van der Waals surface area contributed by atoms with Gasteiger partial charge in [-0.25, -0.2) is 4.98 Å². The zero-order valence-electron chi connectivity index (χ0n) is 17.8. The van der Waals surface area contributed by atoms with Gasteiger partial charge in [0, 0.05) is 12.1 Å². The molecular weight excluding hydrogens is 408 g/mol. The Kier molecular flexibility index (Phi) is 7.04. The van der Waals surface area contributed by atoms with E-state index in [1.54, 1.807) is 18.0 Å². The van der Waals surface area contributed by atoms with Gasteiger partial charge in [0.05, 0.1) is 11.9 Å². The maximum atomic E-state index is 5.93. The first kappa shape index (κ1) is 21.2. The Hall–Kier alpha value is -3.06. The van der Waals surface area contributed by atoms with E-state index >= 15 is 0 Å². The second-order valence-electron chi connectivity index (χ2n) is 7.61. The summed E-state index contributed by atoms with van der Waals surface area (Å²) in [4.78, 5) is 4.42. The lowest BCUT2D eigenvalue weighted by molar-refractivity contribution is 0.285. The van der Waals surface area contributed by atoms with E-state index in [1.807, 2.05) is 60.7 Å². The molecule has 0 bridgehead atoms. The van der Waals surface area contributed by atoms with E-state index in [-0.39, 0.29) is 0 Å². The highest BCUT2D eigenvalue weighted by molar-refractivity contribution is 7.98. The molecule has 160 valence electrons. The van der Waals surface area contributed by atoms with Crippen molar-refractivity contribution in [2.24, 2.45) is 5.92 Å². The number of thioether (sulfide) groups is 1. The summed E-state index contributed by atoms with van der Waals surface area (Å²) in [6.45, 7) is 5.67. The van der Waals surface area contributed by atoms with Crippen LogP contribution in [-0.2, 0) is 18.9 Å². The van der Waals surface area contributed by atoms with Crippen molar-refractivity contribution in [1.29, 1.82) is 0 Å². The molecule has 0 amide bonds. The number of hydrogen-bond acceptors (Lipinski definition) is 6. The lowest BCUT2D eigenvalue weighted by Crippen LogP contribution is -2.10. The van der Waals surface area contributed by atoms with Gasteiger partial charge in [0.15, 0.2) is 16.7 Å². The Morgan fingerprint density at radius 2 is 1.74 bits per heavy atom. The molecule has 31 heavy (non-hydrogen) atoms. The smallest absolute Gasteiger partial charge is 0.205 e. The lowest BCUT2D eigenvalue weighted by atomic mass is 10.1. The van der Waals surface area contributed by atoms with E-state index in [4.69, 9.17) is 9.15 Å². The van der Waals surface area contributed by atoms with Crippen molar-refractivity contribution in [3.05, 3.63) is 78.6 Å². The van der Waals surface area contributed by atoms with Gasteiger partial charge in [-0.2, -0.15) is 0 Å². The molecule has 7 heteroatoms. The molecule has 4 rings (SSSR count). The van der Waals surface area contributed by atoms with Gasteiger partial charge < -0.3 is 13.7 Å². The van der Waals surface area contributed by atoms with Crippen molar-refractivity contribution < 1.29 is 9.15 Å². The SMILES string of the molecule is CC(C)CCn1c(COc2ccccc2)nnc1SCc1ncc(-c2ccccc2)o1. The van der Waals surface area contributed by atoms with E-state index in [0.717, 1.165) is 41.0 Å². The number of rotatable bonds is 10. The third-order valence-corrected chi connectivity index (χ3v) is 5.72. The molecule has 0 fully saturated rings. The van der Waals surface area contributed by atoms with E-state index < -0.39 is 0 Å². The third-order valence-electron chi connectivity index (χ3n) is 4.77. The number of aromatic nitrogens is 4. The number of benzene rings is 2. The minimum absolute atomic E-state index is 0.382. The summed E-state index contributed by atoms with van der Waals surface area (Å²) in [6, 6.07) is 19.8. The molecule has 6 nitrogen and oxygen atoms in total. The van der Waals surface area contributed by atoms with Crippen LogP contribution in [0.2, 0.25) is 0 Å². The first-order valence-electron chi connectivity index (χ1n) is 10.4. The zero-order chi connectivity index (χ0) is 21.5. The summed E-state index contributed by atoms with van der Waals surface area (Å²) < 4.78 is 14.0. The van der Waals surface area contributed by atoms with Crippen LogP contribution in [-0.4, -0.2) is 19.7 Å². The molecule has 2 heterocycles. The molecule has 0 aliphatic rings. The van der Waals surface area contributed by atoms with Gasteiger partial charge in [0.2, 0.25) is 5.89 Å². The van der Waals surface area contributed by atoms with Gasteiger partial charge in [0.25, 0.3) is 0 Å². The average molecular weight is 435 g/mol. The van der Waals surface area contributed by atoms with Gasteiger partial charge >= 0.3 is 0 Å². The predicted octanol–water partition coefficient (Wildman–Crippen LogP) is 5.85. The number of hydrogen-bond donors (Lipinski definition) is 0. The number of para-hydroxylation sites is 1. The van der Waals surface area contributed by atoms with E-state index in [2.05, 4.69) is 33.6 Å². The van der Waals surface area contributed by atoms with Crippen LogP contribution in [0.25, 0.3) is 11.3 Å².